The first-order valence-electron chi connectivity index (χ1n) is 10.8. The van der Waals surface area contributed by atoms with Gasteiger partial charge in [0.25, 0.3) is 10.0 Å². The summed E-state index contributed by atoms with van der Waals surface area (Å²) in [5, 5.41) is 9.84. The van der Waals surface area contributed by atoms with E-state index in [4.69, 9.17) is 0 Å². The molecule has 162 valence electrons. The lowest BCUT2D eigenvalue weighted by atomic mass is 9.59. The number of fused-ring (bicyclic) bond motifs is 5. The van der Waals surface area contributed by atoms with Gasteiger partial charge in [-0.1, -0.05) is 48.4 Å². The van der Waals surface area contributed by atoms with Crippen molar-refractivity contribution in [2.24, 2.45) is 11.3 Å². The number of sulfonamides is 1. The van der Waals surface area contributed by atoms with Crippen molar-refractivity contribution in [1.29, 1.82) is 0 Å². The minimum atomic E-state index is -3.64. The highest BCUT2D eigenvalue weighted by Crippen LogP contribution is 2.58. The van der Waals surface area contributed by atoms with E-state index < -0.39 is 10.0 Å². The molecule has 3 aliphatic carbocycles. The number of rotatable bonds is 4. The molecule has 0 amide bonds. The van der Waals surface area contributed by atoms with E-state index >= 15 is 0 Å². The second kappa shape index (κ2) is 7.24. The van der Waals surface area contributed by atoms with Gasteiger partial charge in [-0.3, -0.25) is 0 Å². The Morgan fingerprint density at radius 2 is 1.87 bits per heavy atom. The standard InChI is InChI=1S/C25H28N2O3S/c1-16-3-7-19(8-4-16)31(29,30)27-26-24-12-11-23-22-9-5-17-15-18(28)6-10-20(17)21(22)13-14-25(23,24)2/h3-4,6-10,12,15,21,23,26-28H,5,11,13-14H2,1-2H3/t21-,23+,25+/m1/s1. The fourth-order valence-corrected chi connectivity index (χ4v) is 6.49. The van der Waals surface area contributed by atoms with Crippen molar-refractivity contribution in [3.63, 3.8) is 0 Å². The van der Waals surface area contributed by atoms with Crippen molar-refractivity contribution in [3.05, 3.63) is 82.6 Å². The molecule has 3 atom stereocenters. The van der Waals surface area contributed by atoms with E-state index in [-0.39, 0.29) is 10.3 Å². The van der Waals surface area contributed by atoms with E-state index in [1.807, 2.05) is 13.0 Å². The quantitative estimate of drug-likeness (QED) is 0.489. The number of hydrazine groups is 1. The van der Waals surface area contributed by atoms with Gasteiger partial charge in [0.1, 0.15) is 5.75 Å². The maximum absolute atomic E-state index is 12.7. The molecule has 1 fully saturated rings. The monoisotopic (exact) mass is 436 g/mol. The molecule has 5 nitrogen and oxygen atoms in total. The normalized spacial score (nSPS) is 26.9. The van der Waals surface area contributed by atoms with E-state index in [2.05, 4.69) is 35.4 Å². The Labute approximate surface area is 183 Å². The van der Waals surface area contributed by atoms with Gasteiger partial charge in [-0.05, 0) is 73.9 Å². The predicted octanol–water partition coefficient (Wildman–Crippen LogP) is 4.45. The van der Waals surface area contributed by atoms with E-state index in [1.165, 1.54) is 16.7 Å². The summed E-state index contributed by atoms with van der Waals surface area (Å²) in [6.45, 7) is 4.18. The fraction of sp³-hybridized carbons (Fsp3) is 0.360. The first kappa shape index (κ1) is 20.3. The third kappa shape index (κ3) is 3.38. The van der Waals surface area contributed by atoms with Crippen molar-refractivity contribution < 1.29 is 13.5 Å². The van der Waals surface area contributed by atoms with Crippen LogP contribution in [0.15, 0.2) is 70.8 Å². The molecule has 0 spiro atoms. The summed E-state index contributed by atoms with van der Waals surface area (Å²) in [5.74, 6) is 1.07. The van der Waals surface area contributed by atoms with E-state index in [1.54, 1.807) is 30.3 Å². The van der Waals surface area contributed by atoms with Gasteiger partial charge in [-0.15, -0.1) is 4.83 Å². The minimum Gasteiger partial charge on any atom is -0.508 e. The van der Waals surface area contributed by atoms with Gasteiger partial charge in [0.05, 0.1) is 4.90 Å². The maximum atomic E-state index is 12.7. The SMILES string of the molecule is Cc1ccc(S(=O)(=O)NNC2=CC[C@H]3C4=CCc5cc(O)ccc5[C@H]4CC[C@]23C)cc1. The summed E-state index contributed by atoms with van der Waals surface area (Å²) in [5.41, 5.74) is 8.93. The molecule has 3 aliphatic rings. The molecule has 0 saturated heterocycles. The highest BCUT2D eigenvalue weighted by Gasteiger charge is 2.49. The lowest BCUT2D eigenvalue weighted by molar-refractivity contribution is 0.207. The van der Waals surface area contributed by atoms with Gasteiger partial charge in [0.2, 0.25) is 0 Å². The highest BCUT2D eigenvalue weighted by molar-refractivity contribution is 7.89. The van der Waals surface area contributed by atoms with Gasteiger partial charge >= 0.3 is 0 Å². The molecule has 0 bridgehead atoms. The minimum absolute atomic E-state index is 0.119. The van der Waals surface area contributed by atoms with E-state index in [9.17, 15) is 13.5 Å². The van der Waals surface area contributed by atoms with Crippen LogP contribution in [0.1, 0.15) is 48.8 Å². The van der Waals surface area contributed by atoms with Crippen LogP contribution >= 0.6 is 0 Å². The molecular formula is C25H28N2O3S. The van der Waals surface area contributed by atoms with Crippen LogP contribution in [-0.2, 0) is 16.4 Å². The number of allylic oxidation sites excluding steroid dienone is 4. The summed E-state index contributed by atoms with van der Waals surface area (Å²) in [6.07, 6.45) is 8.22. The number of nitrogens with one attached hydrogen (secondary N) is 2. The Balaban J connectivity index is 1.34. The third-order valence-corrected chi connectivity index (χ3v) is 8.67. The molecule has 6 heteroatoms. The summed E-state index contributed by atoms with van der Waals surface area (Å²) >= 11 is 0. The first-order chi connectivity index (χ1) is 14.8. The van der Waals surface area contributed by atoms with Crippen LogP contribution < -0.4 is 10.3 Å². The number of phenols is 1. The Kier molecular flexibility index (Phi) is 4.75. The fourth-order valence-electron chi connectivity index (χ4n) is 5.63. The first-order valence-corrected chi connectivity index (χ1v) is 12.3. The summed E-state index contributed by atoms with van der Waals surface area (Å²) in [4.78, 5) is 2.85. The second-order valence-electron chi connectivity index (χ2n) is 9.25. The Morgan fingerprint density at radius 1 is 1.10 bits per heavy atom. The largest absolute Gasteiger partial charge is 0.508 e. The summed E-state index contributed by atoms with van der Waals surface area (Å²) < 4.78 is 25.4. The lowest BCUT2D eigenvalue weighted by Gasteiger charge is -2.46. The van der Waals surface area contributed by atoms with Crippen molar-refractivity contribution in [2.75, 3.05) is 0 Å². The van der Waals surface area contributed by atoms with Crippen LogP contribution in [0.25, 0.3) is 0 Å². The van der Waals surface area contributed by atoms with Gasteiger partial charge in [-0.2, -0.15) is 0 Å². The topological polar surface area (TPSA) is 78.4 Å². The number of aromatic hydroxyl groups is 1. The van der Waals surface area contributed by atoms with Gasteiger partial charge in [-0.25, -0.2) is 8.42 Å². The average molecular weight is 437 g/mol. The molecule has 0 heterocycles. The predicted molar refractivity (Wildman–Crippen MR) is 121 cm³/mol. The molecule has 0 aliphatic heterocycles. The summed E-state index contributed by atoms with van der Waals surface area (Å²) in [7, 11) is -3.64. The second-order valence-corrected chi connectivity index (χ2v) is 10.9. The Bertz CT molecular complexity index is 1200. The maximum Gasteiger partial charge on any atom is 0.257 e. The lowest BCUT2D eigenvalue weighted by Crippen LogP contribution is -2.44. The zero-order chi connectivity index (χ0) is 21.8. The van der Waals surface area contributed by atoms with Gasteiger partial charge in [0, 0.05) is 17.0 Å². The molecule has 5 rings (SSSR count). The zero-order valence-electron chi connectivity index (χ0n) is 17.9. The molecule has 2 aromatic rings. The van der Waals surface area contributed by atoms with Crippen LogP contribution in [0.3, 0.4) is 0 Å². The van der Waals surface area contributed by atoms with Crippen molar-refractivity contribution in [1.82, 2.24) is 10.3 Å². The molecule has 0 radical (unpaired) electrons. The van der Waals surface area contributed by atoms with Crippen LogP contribution in [0.4, 0.5) is 0 Å². The van der Waals surface area contributed by atoms with E-state index in [0.717, 1.165) is 36.9 Å². The molecule has 1 saturated carbocycles. The molecule has 31 heavy (non-hydrogen) atoms. The number of phenolic OH excluding ortho intramolecular Hbond substituents is 1. The number of aryl methyl sites for hydroxylation is 1. The van der Waals surface area contributed by atoms with Gasteiger partial charge in [0.15, 0.2) is 0 Å². The average Bonchev–Trinajstić information content (AvgIpc) is 3.08. The van der Waals surface area contributed by atoms with E-state index in [0.29, 0.717) is 17.6 Å². The van der Waals surface area contributed by atoms with Crippen LogP contribution in [0.5, 0.6) is 5.75 Å². The van der Waals surface area contributed by atoms with Crippen LogP contribution in [0.2, 0.25) is 0 Å². The Hall–Kier alpha value is -2.57. The molecule has 0 aromatic heterocycles. The van der Waals surface area contributed by atoms with Crippen LogP contribution in [0, 0.1) is 18.3 Å². The van der Waals surface area contributed by atoms with Gasteiger partial charge < -0.3 is 10.5 Å². The number of benzene rings is 2. The zero-order valence-corrected chi connectivity index (χ0v) is 18.7. The molecule has 2 aromatic carbocycles. The van der Waals surface area contributed by atoms with Crippen molar-refractivity contribution in [3.8, 4) is 5.75 Å². The van der Waals surface area contributed by atoms with Crippen LogP contribution in [-0.4, -0.2) is 13.5 Å². The van der Waals surface area contributed by atoms with Crippen molar-refractivity contribution >= 4 is 10.0 Å². The highest BCUT2D eigenvalue weighted by atomic mass is 32.2. The molecular weight excluding hydrogens is 408 g/mol. The number of hydrogen-bond donors (Lipinski definition) is 3. The van der Waals surface area contributed by atoms with Crippen molar-refractivity contribution in [2.45, 2.75) is 50.3 Å². The smallest absolute Gasteiger partial charge is 0.257 e. The Morgan fingerprint density at radius 3 is 2.65 bits per heavy atom. The molecule has 0 unspecified atom stereocenters. The third-order valence-electron chi connectivity index (χ3n) is 7.41. The number of hydrogen-bond acceptors (Lipinski definition) is 4. The summed E-state index contributed by atoms with van der Waals surface area (Å²) in [6, 6.07) is 12.6. The molecule has 3 N–H and O–H groups in total.